The molecule has 0 radical (unpaired) electrons. The molecule has 0 saturated heterocycles. The molecule has 0 aromatic heterocycles. The average Bonchev–Trinajstić information content (AvgIpc) is 2.69. The van der Waals surface area contributed by atoms with E-state index >= 15 is 0 Å². The van der Waals surface area contributed by atoms with Crippen LogP contribution in [-0.4, -0.2) is 5.78 Å². The van der Waals surface area contributed by atoms with Gasteiger partial charge < -0.3 is 0 Å². The Hall–Kier alpha value is -0.330. The van der Waals surface area contributed by atoms with Gasteiger partial charge in [0.15, 0.2) is 0 Å². The lowest BCUT2D eigenvalue weighted by Gasteiger charge is -2.38. The molecule has 1 nitrogen and oxygen atoms in total. The predicted molar refractivity (Wildman–Crippen MR) is 46.7 cm³/mol. The third-order valence-electron chi connectivity index (χ3n) is 4.86. The van der Waals surface area contributed by atoms with Crippen LogP contribution in [0.5, 0.6) is 0 Å². The molecule has 0 aromatic rings. The summed E-state index contributed by atoms with van der Waals surface area (Å²) in [7, 11) is 0. The smallest absolute Gasteiger partial charge is 0.139 e. The van der Waals surface area contributed by atoms with Crippen molar-refractivity contribution in [3.8, 4) is 0 Å². The SMILES string of the molecule is C[C@@]12CCCC(=O)[C@@]13CC3CC2. The van der Waals surface area contributed by atoms with E-state index in [0.29, 0.717) is 11.2 Å². The number of carbonyl (C=O) groups is 1. The molecule has 12 heavy (non-hydrogen) atoms. The van der Waals surface area contributed by atoms with Crippen molar-refractivity contribution in [2.75, 3.05) is 0 Å². The minimum Gasteiger partial charge on any atom is -0.299 e. The summed E-state index contributed by atoms with van der Waals surface area (Å²) in [6.07, 6.45) is 7.25. The third-order valence-corrected chi connectivity index (χ3v) is 4.86. The molecule has 0 N–H and O–H groups in total. The molecule has 3 rings (SSSR count). The zero-order chi connectivity index (χ0) is 8.40. The first-order valence-corrected chi connectivity index (χ1v) is 5.22. The van der Waals surface area contributed by atoms with E-state index in [1.54, 1.807) is 0 Å². The molecule has 3 aliphatic rings. The van der Waals surface area contributed by atoms with Gasteiger partial charge in [-0.05, 0) is 43.4 Å². The number of carbonyl (C=O) groups excluding carboxylic acids is 1. The molecular weight excluding hydrogens is 148 g/mol. The Morgan fingerprint density at radius 3 is 2.92 bits per heavy atom. The first-order valence-electron chi connectivity index (χ1n) is 5.22. The highest BCUT2D eigenvalue weighted by Gasteiger charge is 2.72. The van der Waals surface area contributed by atoms with Gasteiger partial charge in [0.05, 0.1) is 0 Å². The van der Waals surface area contributed by atoms with Crippen LogP contribution in [0.1, 0.15) is 45.4 Å². The summed E-state index contributed by atoms with van der Waals surface area (Å²) >= 11 is 0. The maximum Gasteiger partial charge on any atom is 0.139 e. The fourth-order valence-electron chi connectivity index (χ4n) is 4.02. The van der Waals surface area contributed by atoms with E-state index < -0.39 is 0 Å². The molecule has 3 fully saturated rings. The molecule has 1 unspecified atom stereocenters. The van der Waals surface area contributed by atoms with Crippen LogP contribution in [0.4, 0.5) is 0 Å². The van der Waals surface area contributed by atoms with Gasteiger partial charge in [0, 0.05) is 11.8 Å². The van der Waals surface area contributed by atoms with Crippen molar-refractivity contribution in [1.82, 2.24) is 0 Å². The Morgan fingerprint density at radius 2 is 2.25 bits per heavy atom. The minimum absolute atomic E-state index is 0.214. The van der Waals surface area contributed by atoms with E-state index in [-0.39, 0.29) is 5.41 Å². The van der Waals surface area contributed by atoms with Crippen molar-refractivity contribution >= 4 is 5.78 Å². The van der Waals surface area contributed by atoms with E-state index in [4.69, 9.17) is 0 Å². The quantitative estimate of drug-likeness (QED) is 0.537. The van der Waals surface area contributed by atoms with Crippen LogP contribution in [0, 0.1) is 16.7 Å². The molecule has 1 heteroatoms. The first-order chi connectivity index (χ1) is 5.69. The number of hydrogen-bond acceptors (Lipinski definition) is 1. The second-order valence-electron chi connectivity index (χ2n) is 5.25. The van der Waals surface area contributed by atoms with E-state index in [0.717, 1.165) is 18.8 Å². The zero-order valence-corrected chi connectivity index (χ0v) is 7.73. The molecule has 3 aliphatic carbocycles. The van der Waals surface area contributed by atoms with Gasteiger partial charge in [-0.2, -0.15) is 0 Å². The Labute approximate surface area is 73.5 Å². The van der Waals surface area contributed by atoms with Crippen LogP contribution >= 0.6 is 0 Å². The van der Waals surface area contributed by atoms with Crippen LogP contribution in [0.3, 0.4) is 0 Å². The van der Waals surface area contributed by atoms with E-state index in [1.165, 1.54) is 25.7 Å². The monoisotopic (exact) mass is 164 g/mol. The summed E-state index contributed by atoms with van der Waals surface area (Å²) in [4.78, 5) is 11.8. The fraction of sp³-hybridized carbons (Fsp3) is 0.909. The molecule has 0 aliphatic heterocycles. The van der Waals surface area contributed by atoms with Crippen molar-refractivity contribution in [3.63, 3.8) is 0 Å². The molecule has 0 aromatic carbocycles. The molecule has 0 heterocycles. The van der Waals surface area contributed by atoms with Crippen LogP contribution < -0.4 is 0 Å². The number of Topliss-reactive ketones (excluding diaryl/α,β-unsaturated/α-hetero) is 1. The van der Waals surface area contributed by atoms with Crippen molar-refractivity contribution in [3.05, 3.63) is 0 Å². The lowest BCUT2D eigenvalue weighted by Crippen LogP contribution is -2.37. The number of rotatable bonds is 0. The predicted octanol–water partition coefficient (Wildman–Crippen LogP) is 2.55. The number of hydrogen-bond donors (Lipinski definition) is 0. The summed E-state index contributed by atoms with van der Waals surface area (Å²) in [6, 6.07) is 0. The summed E-state index contributed by atoms with van der Waals surface area (Å²) in [5.41, 5.74) is 0.637. The van der Waals surface area contributed by atoms with Gasteiger partial charge in [0.25, 0.3) is 0 Å². The summed E-state index contributed by atoms with van der Waals surface area (Å²) in [5, 5.41) is 0. The van der Waals surface area contributed by atoms with Crippen molar-refractivity contribution in [1.29, 1.82) is 0 Å². The van der Waals surface area contributed by atoms with Crippen LogP contribution in [0.2, 0.25) is 0 Å². The van der Waals surface area contributed by atoms with Crippen LogP contribution in [0.15, 0.2) is 0 Å². The van der Waals surface area contributed by atoms with Crippen LogP contribution in [-0.2, 0) is 4.79 Å². The highest BCUT2D eigenvalue weighted by atomic mass is 16.1. The third kappa shape index (κ3) is 0.541. The van der Waals surface area contributed by atoms with Gasteiger partial charge in [-0.25, -0.2) is 0 Å². The average molecular weight is 164 g/mol. The maximum absolute atomic E-state index is 11.8. The summed E-state index contributed by atoms with van der Waals surface area (Å²) < 4.78 is 0. The second kappa shape index (κ2) is 1.78. The normalized spacial score (nSPS) is 56.4. The first kappa shape index (κ1) is 7.11. The van der Waals surface area contributed by atoms with Gasteiger partial charge in [-0.3, -0.25) is 4.79 Å². The van der Waals surface area contributed by atoms with E-state index in [1.807, 2.05) is 0 Å². The van der Waals surface area contributed by atoms with Crippen molar-refractivity contribution in [2.45, 2.75) is 45.4 Å². The van der Waals surface area contributed by atoms with E-state index in [2.05, 4.69) is 6.92 Å². The van der Waals surface area contributed by atoms with Gasteiger partial charge in [0.1, 0.15) is 5.78 Å². The van der Waals surface area contributed by atoms with Gasteiger partial charge >= 0.3 is 0 Å². The zero-order valence-electron chi connectivity index (χ0n) is 7.73. The Balaban J connectivity index is 2.06. The van der Waals surface area contributed by atoms with Crippen molar-refractivity contribution in [2.24, 2.45) is 16.7 Å². The molecule has 1 spiro atoms. The Kier molecular flexibility index (Phi) is 1.06. The topological polar surface area (TPSA) is 17.1 Å². The highest BCUT2D eigenvalue weighted by Crippen LogP contribution is 2.75. The molecule has 3 atom stereocenters. The molecule has 66 valence electrons. The van der Waals surface area contributed by atoms with Gasteiger partial charge in [-0.1, -0.05) is 6.92 Å². The maximum atomic E-state index is 11.8. The summed E-state index contributed by atoms with van der Waals surface area (Å²) in [6.45, 7) is 2.36. The fourth-order valence-corrected chi connectivity index (χ4v) is 4.02. The van der Waals surface area contributed by atoms with E-state index in [9.17, 15) is 4.79 Å². The van der Waals surface area contributed by atoms with Crippen LogP contribution in [0.25, 0.3) is 0 Å². The minimum atomic E-state index is 0.214. The van der Waals surface area contributed by atoms with Crippen molar-refractivity contribution < 1.29 is 4.79 Å². The Morgan fingerprint density at radius 1 is 1.42 bits per heavy atom. The molecular formula is C11H16O. The van der Waals surface area contributed by atoms with Gasteiger partial charge in [0.2, 0.25) is 0 Å². The molecule has 3 saturated carbocycles. The largest absolute Gasteiger partial charge is 0.299 e. The standard InChI is InChI=1S/C11H16O/c1-10-5-2-3-9(12)11(10)7-8(11)4-6-10/h8H,2-7H2,1H3/t8?,10-,11-/m0/s1. The summed E-state index contributed by atoms with van der Waals surface area (Å²) in [5.74, 6) is 1.41. The molecule has 0 amide bonds. The lowest BCUT2D eigenvalue weighted by atomic mass is 9.65. The lowest BCUT2D eigenvalue weighted by molar-refractivity contribution is -0.131. The highest BCUT2D eigenvalue weighted by molar-refractivity contribution is 5.90. The number of ketones is 1. The second-order valence-corrected chi connectivity index (χ2v) is 5.25. The van der Waals surface area contributed by atoms with Gasteiger partial charge in [-0.15, -0.1) is 0 Å². The molecule has 0 bridgehead atoms. The Bertz CT molecular complexity index is 258.